The molecule has 2 unspecified atom stereocenters. The first-order valence-corrected chi connectivity index (χ1v) is 6.87. The van der Waals surface area contributed by atoms with Gasteiger partial charge >= 0.3 is 5.97 Å². The maximum absolute atomic E-state index is 11.3. The molecule has 0 fully saturated rings. The predicted molar refractivity (Wildman–Crippen MR) is 81.3 cm³/mol. The van der Waals surface area contributed by atoms with Crippen LogP contribution >= 0.6 is 0 Å². The molecule has 112 valence electrons. The van der Waals surface area contributed by atoms with Crippen LogP contribution in [-0.4, -0.2) is 25.3 Å². The van der Waals surface area contributed by atoms with E-state index in [1.165, 1.54) is 7.11 Å². The van der Waals surface area contributed by atoms with Crippen LogP contribution in [0.3, 0.4) is 0 Å². The van der Waals surface area contributed by atoms with Crippen LogP contribution in [0, 0.1) is 5.92 Å². The van der Waals surface area contributed by atoms with Crippen molar-refractivity contribution in [1.29, 1.82) is 0 Å². The summed E-state index contributed by atoms with van der Waals surface area (Å²) in [5.41, 5.74) is 0.795. The molecule has 0 aliphatic rings. The monoisotopic (exact) mass is 288 g/mol. The number of aliphatic hydroxyl groups excluding tert-OH is 1. The average molecular weight is 288 g/mol. The Morgan fingerprint density at radius 2 is 1.81 bits per heavy atom. The third kappa shape index (κ3) is 3.52. The van der Waals surface area contributed by atoms with Crippen LogP contribution in [0.15, 0.2) is 36.4 Å². The van der Waals surface area contributed by atoms with Crippen LogP contribution in [0.25, 0.3) is 10.8 Å². The minimum Gasteiger partial charge on any atom is -0.497 e. The number of aliphatic hydroxyl groups is 1. The van der Waals surface area contributed by atoms with Gasteiger partial charge in [-0.3, -0.25) is 4.79 Å². The average Bonchev–Trinajstić information content (AvgIpc) is 2.52. The summed E-state index contributed by atoms with van der Waals surface area (Å²) < 4.78 is 9.83. The van der Waals surface area contributed by atoms with E-state index in [4.69, 9.17) is 4.74 Å². The lowest BCUT2D eigenvalue weighted by atomic mass is 9.93. The zero-order valence-corrected chi connectivity index (χ0v) is 12.5. The lowest BCUT2D eigenvalue weighted by molar-refractivity contribution is -0.142. The molecule has 0 spiro atoms. The molecule has 1 N–H and O–H groups in total. The molecule has 0 heterocycles. The summed E-state index contributed by atoms with van der Waals surface area (Å²) in [5, 5.41) is 12.4. The number of carbonyl (C=O) groups excluding carboxylic acids is 1. The molecular weight excluding hydrogens is 268 g/mol. The van der Waals surface area contributed by atoms with Crippen molar-refractivity contribution in [2.24, 2.45) is 5.92 Å². The van der Waals surface area contributed by atoms with Gasteiger partial charge in [-0.1, -0.05) is 25.1 Å². The Kier molecular flexibility index (Phi) is 4.81. The molecule has 0 saturated heterocycles. The van der Waals surface area contributed by atoms with Gasteiger partial charge in [0.25, 0.3) is 0 Å². The van der Waals surface area contributed by atoms with Gasteiger partial charge in [-0.05, 0) is 40.5 Å². The quantitative estimate of drug-likeness (QED) is 0.859. The van der Waals surface area contributed by atoms with Gasteiger partial charge in [-0.2, -0.15) is 0 Å². The van der Waals surface area contributed by atoms with Crippen LogP contribution in [0.2, 0.25) is 0 Å². The first-order chi connectivity index (χ1) is 10.0. The van der Waals surface area contributed by atoms with Gasteiger partial charge in [0.2, 0.25) is 0 Å². The number of fused-ring (bicyclic) bond motifs is 1. The molecule has 0 saturated carbocycles. The second-order valence-corrected chi connectivity index (χ2v) is 5.17. The minimum absolute atomic E-state index is 0.193. The normalized spacial score (nSPS) is 13.7. The van der Waals surface area contributed by atoms with Crippen LogP contribution in [0.4, 0.5) is 0 Å². The van der Waals surface area contributed by atoms with Crippen LogP contribution in [-0.2, 0) is 9.53 Å². The van der Waals surface area contributed by atoms with Gasteiger partial charge in [0.1, 0.15) is 5.75 Å². The molecule has 0 bridgehead atoms. The second-order valence-electron chi connectivity index (χ2n) is 5.17. The Bertz CT molecular complexity index is 636. The van der Waals surface area contributed by atoms with E-state index in [0.717, 1.165) is 22.1 Å². The molecule has 0 aliphatic heterocycles. The lowest BCUT2D eigenvalue weighted by Crippen LogP contribution is -2.14. The number of hydrogen-bond donors (Lipinski definition) is 1. The molecule has 4 nitrogen and oxygen atoms in total. The summed E-state index contributed by atoms with van der Waals surface area (Å²) >= 11 is 0. The molecule has 0 amide bonds. The molecule has 21 heavy (non-hydrogen) atoms. The maximum atomic E-state index is 11.3. The van der Waals surface area contributed by atoms with Gasteiger partial charge in [0.05, 0.1) is 26.7 Å². The highest BCUT2D eigenvalue weighted by atomic mass is 16.5. The van der Waals surface area contributed by atoms with Crippen molar-refractivity contribution in [3.63, 3.8) is 0 Å². The van der Waals surface area contributed by atoms with Crippen LogP contribution in [0.5, 0.6) is 5.75 Å². The predicted octanol–water partition coefficient (Wildman–Crippen LogP) is 3.08. The second kappa shape index (κ2) is 6.59. The molecule has 2 rings (SSSR count). The first kappa shape index (κ1) is 15.3. The van der Waals surface area contributed by atoms with E-state index in [0.29, 0.717) is 0 Å². The van der Waals surface area contributed by atoms with Gasteiger partial charge in [0, 0.05) is 0 Å². The number of carbonyl (C=O) groups is 1. The van der Waals surface area contributed by atoms with E-state index in [1.807, 2.05) is 43.3 Å². The molecule has 2 atom stereocenters. The van der Waals surface area contributed by atoms with Crippen LogP contribution in [0.1, 0.15) is 25.0 Å². The highest BCUT2D eigenvalue weighted by molar-refractivity contribution is 5.84. The zero-order chi connectivity index (χ0) is 15.4. The van der Waals surface area contributed by atoms with Crippen molar-refractivity contribution in [3.05, 3.63) is 42.0 Å². The largest absolute Gasteiger partial charge is 0.497 e. The minimum atomic E-state index is -0.699. The Morgan fingerprint density at radius 3 is 2.48 bits per heavy atom. The van der Waals surface area contributed by atoms with Crippen LogP contribution < -0.4 is 4.74 Å². The Hall–Kier alpha value is -2.07. The van der Waals surface area contributed by atoms with Gasteiger partial charge < -0.3 is 14.6 Å². The van der Waals surface area contributed by atoms with Crippen molar-refractivity contribution < 1.29 is 19.4 Å². The fourth-order valence-corrected chi connectivity index (χ4v) is 2.34. The van der Waals surface area contributed by atoms with E-state index in [9.17, 15) is 9.90 Å². The van der Waals surface area contributed by atoms with E-state index >= 15 is 0 Å². The molecule has 0 aromatic heterocycles. The number of methoxy groups -OCH3 is 2. The van der Waals surface area contributed by atoms with Gasteiger partial charge in [-0.25, -0.2) is 0 Å². The highest BCUT2D eigenvalue weighted by Crippen LogP contribution is 2.29. The molecular formula is C17H20O4. The third-order valence-electron chi connectivity index (χ3n) is 3.67. The van der Waals surface area contributed by atoms with Crippen molar-refractivity contribution in [3.8, 4) is 5.75 Å². The van der Waals surface area contributed by atoms with Crippen molar-refractivity contribution in [2.45, 2.75) is 19.4 Å². The summed E-state index contributed by atoms with van der Waals surface area (Å²) in [6, 6.07) is 11.5. The summed E-state index contributed by atoms with van der Waals surface area (Å²) in [5.74, 6) is 0.287. The van der Waals surface area contributed by atoms with E-state index in [2.05, 4.69) is 4.74 Å². The van der Waals surface area contributed by atoms with E-state index in [1.54, 1.807) is 7.11 Å². The standard InChI is InChI=1S/C17H20O4/c1-11(8-16(18)21-3)17(19)14-5-4-13-10-15(20-2)7-6-12(13)9-14/h4-7,9-11,17,19H,8H2,1-3H3. The van der Waals surface area contributed by atoms with E-state index < -0.39 is 6.10 Å². The zero-order valence-electron chi connectivity index (χ0n) is 12.5. The lowest BCUT2D eigenvalue weighted by Gasteiger charge is -2.18. The highest BCUT2D eigenvalue weighted by Gasteiger charge is 2.20. The fraction of sp³-hybridized carbons (Fsp3) is 0.353. The van der Waals surface area contributed by atoms with Gasteiger partial charge in [-0.15, -0.1) is 0 Å². The Labute approximate surface area is 124 Å². The molecule has 4 heteroatoms. The summed E-state index contributed by atoms with van der Waals surface area (Å²) in [7, 11) is 2.98. The van der Waals surface area contributed by atoms with Crippen molar-refractivity contribution in [1.82, 2.24) is 0 Å². The molecule has 0 aliphatic carbocycles. The summed E-state index contributed by atoms with van der Waals surface area (Å²) in [4.78, 5) is 11.3. The number of ether oxygens (including phenoxy) is 2. The SMILES string of the molecule is COC(=O)CC(C)C(O)c1ccc2cc(OC)ccc2c1. The van der Waals surface area contributed by atoms with Crippen molar-refractivity contribution >= 4 is 16.7 Å². The summed E-state index contributed by atoms with van der Waals surface area (Å²) in [6.45, 7) is 1.83. The van der Waals surface area contributed by atoms with Crippen molar-refractivity contribution in [2.75, 3.05) is 14.2 Å². The molecule has 0 radical (unpaired) electrons. The first-order valence-electron chi connectivity index (χ1n) is 6.87. The smallest absolute Gasteiger partial charge is 0.305 e. The van der Waals surface area contributed by atoms with E-state index in [-0.39, 0.29) is 18.3 Å². The number of benzene rings is 2. The van der Waals surface area contributed by atoms with Gasteiger partial charge in [0.15, 0.2) is 0 Å². The molecule has 2 aromatic rings. The number of esters is 1. The number of hydrogen-bond acceptors (Lipinski definition) is 4. The fourth-order valence-electron chi connectivity index (χ4n) is 2.34. The topological polar surface area (TPSA) is 55.8 Å². The third-order valence-corrected chi connectivity index (χ3v) is 3.67. The number of rotatable bonds is 5. The maximum Gasteiger partial charge on any atom is 0.305 e. The Morgan fingerprint density at radius 1 is 1.14 bits per heavy atom. The Balaban J connectivity index is 2.23. The molecule has 2 aromatic carbocycles. The summed E-state index contributed by atoms with van der Waals surface area (Å²) in [6.07, 6.45) is -0.506.